The molecular weight excluding hydrogens is 410 g/mol. The number of carbonyl (C=O) groups excluding carboxylic acids is 1. The van der Waals surface area contributed by atoms with Gasteiger partial charge in [0.2, 0.25) is 5.75 Å². The number of ether oxygens (including phenoxy) is 5. The van der Waals surface area contributed by atoms with Gasteiger partial charge in [-0.25, -0.2) is 0 Å². The zero-order valence-corrected chi connectivity index (χ0v) is 19.6. The maximum atomic E-state index is 13.5. The molecule has 0 spiro atoms. The third-order valence-corrected chi connectivity index (χ3v) is 6.01. The van der Waals surface area contributed by atoms with E-state index in [0.29, 0.717) is 28.6 Å². The van der Waals surface area contributed by atoms with Crippen molar-refractivity contribution < 1.29 is 28.5 Å². The Morgan fingerprint density at radius 3 is 2.09 bits per heavy atom. The molecule has 3 rings (SSSR count). The summed E-state index contributed by atoms with van der Waals surface area (Å²) in [6, 6.07) is 9.60. The van der Waals surface area contributed by atoms with Crippen molar-refractivity contribution in [1.82, 2.24) is 4.90 Å². The monoisotopic (exact) mass is 443 g/mol. The average Bonchev–Trinajstić information content (AvgIpc) is 2.85. The number of nitrogens with zero attached hydrogens (tertiary/aromatic N) is 1. The second-order valence-electron chi connectivity index (χ2n) is 7.79. The maximum Gasteiger partial charge on any atom is 0.254 e. The number of methoxy groups -OCH3 is 5. The van der Waals surface area contributed by atoms with Crippen LogP contribution in [0.3, 0.4) is 0 Å². The molecular formula is C25H33NO6. The van der Waals surface area contributed by atoms with Gasteiger partial charge in [0.1, 0.15) is 0 Å². The van der Waals surface area contributed by atoms with Gasteiger partial charge in [-0.2, -0.15) is 0 Å². The first-order valence-corrected chi connectivity index (χ1v) is 10.9. The van der Waals surface area contributed by atoms with Crippen LogP contribution in [-0.2, 0) is 6.42 Å². The minimum atomic E-state index is -0.0127. The van der Waals surface area contributed by atoms with Crippen molar-refractivity contribution in [1.29, 1.82) is 0 Å². The first-order valence-electron chi connectivity index (χ1n) is 10.9. The van der Waals surface area contributed by atoms with Crippen molar-refractivity contribution in [3.8, 4) is 28.7 Å². The highest BCUT2D eigenvalue weighted by atomic mass is 16.5. The lowest BCUT2D eigenvalue weighted by Gasteiger charge is -2.36. The van der Waals surface area contributed by atoms with E-state index in [1.165, 1.54) is 0 Å². The van der Waals surface area contributed by atoms with Crippen molar-refractivity contribution >= 4 is 5.91 Å². The molecule has 174 valence electrons. The second-order valence-corrected chi connectivity index (χ2v) is 7.79. The molecule has 2 aromatic rings. The highest BCUT2D eigenvalue weighted by Crippen LogP contribution is 2.39. The number of benzene rings is 2. The van der Waals surface area contributed by atoms with Crippen LogP contribution >= 0.6 is 0 Å². The van der Waals surface area contributed by atoms with E-state index in [4.69, 9.17) is 23.7 Å². The second kappa shape index (κ2) is 11.0. The van der Waals surface area contributed by atoms with Crippen LogP contribution in [0.25, 0.3) is 0 Å². The van der Waals surface area contributed by atoms with Crippen LogP contribution < -0.4 is 23.7 Å². The fourth-order valence-electron chi connectivity index (χ4n) is 4.31. The highest BCUT2D eigenvalue weighted by molar-refractivity contribution is 5.96. The van der Waals surface area contributed by atoms with Gasteiger partial charge in [0, 0.05) is 18.2 Å². The molecule has 1 amide bonds. The van der Waals surface area contributed by atoms with Crippen molar-refractivity contribution in [2.24, 2.45) is 0 Å². The largest absolute Gasteiger partial charge is 0.493 e. The van der Waals surface area contributed by atoms with E-state index in [9.17, 15) is 4.79 Å². The Balaban J connectivity index is 1.79. The zero-order chi connectivity index (χ0) is 23.1. The number of amides is 1. The van der Waals surface area contributed by atoms with Gasteiger partial charge >= 0.3 is 0 Å². The molecule has 1 aliphatic heterocycles. The van der Waals surface area contributed by atoms with E-state index < -0.39 is 0 Å². The van der Waals surface area contributed by atoms with E-state index >= 15 is 0 Å². The molecule has 0 N–H and O–H groups in total. The molecule has 0 aliphatic carbocycles. The van der Waals surface area contributed by atoms with E-state index in [1.54, 1.807) is 47.7 Å². The third-order valence-electron chi connectivity index (χ3n) is 6.01. The molecule has 1 unspecified atom stereocenters. The molecule has 1 heterocycles. The molecule has 1 saturated heterocycles. The zero-order valence-electron chi connectivity index (χ0n) is 19.6. The van der Waals surface area contributed by atoms with Gasteiger partial charge in [0.25, 0.3) is 5.91 Å². The third kappa shape index (κ3) is 5.03. The summed E-state index contributed by atoms with van der Waals surface area (Å²) in [5.74, 6) is 2.87. The summed E-state index contributed by atoms with van der Waals surface area (Å²) in [5.41, 5.74) is 1.70. The lowest BCUT2D eigenvalue weighted by molar-refractivity contribution is 0.0601. The maximum absolute atomic E-state index is 13.5. The standard InChI is InChI=1S/C25H33NO6/c1-28-20-12-10-17(14-21(20)29-2)9-11-19-8-6-7-13-26(19)25(27)18-15-22(30-3)24(32-5)23(16-18)31-4/h10,12,14-16,19H,6-9,11,13H2,1-5H3. The quantitative estimate of drug-likeness (QED) is 0.574. The van der Waals surface area contributed by atoms with Crippen LogP contribution in [0.5, 0.6) is 28.7 Å². The number of hydrogen-bond acceptors (Lipinski definition) is 6. The first kappa shape index (κ1) is 23.6. The van der Waals surface area contributed by atoms with Crippen LogP contribution in [0.1, 0.15) is 41.6 Å². The lowest BCUT2D eigenvalue weighted by Crippen LogP contribution is -2.44. The summed E-state index contributed by atoms with van der Waals surface area (Å²) in [6.45, 7) is 0.742. The van der Waals surface area contributed by atoms with E-state index in [2.05, 4.69) is 6.07 Å². The van der Waals surface area contributed by atoms with Crippen LogP contribution in [0.2, 0.25) is 0 Å². The van der Waals surface area contributed by atoms with Gasteiger partial charge < -0.3 is 28.6 Å². The predicted molar refractivity (Wildman–Crippen MR) is 123 cm³/mol. The molecule has 32 heavy (non-hydrogen) atoms. The Labute approximate surface area is 190 Å². The molecule has 1 atom stereocenters. The number of likely N-dealkylation sites (tertiary alicyclic amines) is 1. The average molecular weight is 444 g/mol. The molecule has 7 heteroatoms. The SMILES string of the molecule is COc1ccc(CCC2CCCCN2C(=O)c2cc(OC)c(OC)c(OC)c2)cc1OC. The molecule has 2 aromatic carbocycles. The fraction of sp³-hybridized carbons (Fsp3) is 0.480. The van der Waals surface area contributed by atoms with Crippen molar-refractivity contribution in [2.75, 3.05) is 42.1 Å². The van der Waals surface area contributed by atoms with Gasteiger partial charge in [-0.15, -0.1) is 0 Å². The summed E-state index contributed by atoms with van der Waals surface area (Å²) < 4.78 is 27.0. The predicted octanol–water partition coefficient (Wildman–Crippen LogP) is 4.36. The Morgan fingerprint density at radius 1 is 0.844 bits per heavy atom. The Morgan fingerprint density at radius 2 is 1.50 bits per heavy atom. The number of rotatable bonds is 9. The summed E-state index contributed by atoms with van der Waals surface area (Å²) in [4.78, 5) is 15.5. The normalized spacial score (nSPS) is 15.8. The first-order chi connectivity index (χ1) is 15.6. The van der Waals surface area contributed by atoms with Crippen LogP contribution in [0.4, 0.5) is 0 Å². The fourth-order valence-corrected chi connectivity index (χ4v) is 4.31. The van der Waals surface area contributed by atoms with Crippen LogP contribution in [0, 0.1) is 0 Å². The van der Waals surface area contributed by atoms with Crippen molar-refractivity contribution in [3.05, 3.63) is 41.5 Å². The molecule has 0 bridgehead atoms. The molecule has 0 saturated carbocycles. The Kier molecular flexibility index (Phi) is 8.09. The number of aryl methyl sites for hydroxylation is 1. The molecule has 0 radical (unpaired) electrons. The lowest BCUT2D eigenvalue weighted by atomic mass is 9.94. The van der Waals surface area contributed by atoms with Crippen LogP contribution in [0.15, 0.2) is 30.3 Å². The number of piperidine rings is 1. The molecule has 0 aromatic heterocycles. The molecule has 1 aliphatic rings. The summed E-state index contributed by atoms with van der Waals surface area (Å²) in [5, 5.41) is 0. The van der Waals surface area contributed by atoms with Gasteiger partial charge in [-0.1, -0.05) is 6.07 Å². The van der Waals surface area contributed by atoms with Gasteiger partial charge in [-0.3, -0.25) is 4.79 Å². The highest BCUT2D eigenvalue weighted by Gasteiger charge is 2.29. The van der Waals surface area contributed by atoms with Crippen molar-refractivity contribution in [3.63, 3.8) is 0 Å². The minimum Gasteiger partial charge on any atom is -0.493 e. The van der Waals surface area contributed by atoms with Gasteiger partial charge in [0.05, 0.1) is 35.5 Å². The molecule has 7 nitrogen and oxygen atoms in total. The Hall–Kier alpha value is -3.09. The van der Waals surface area contributed by atoms with E-state index in [-0.39, 0.29) is 11.9 Å². The smallest absolute Gasteiger partial charge is 0.254 e. The van der Waals surface area contributed by atoms with E-state index in [1.807, 2.05) is 17.0 Å². The van der Waals surface area contributed by atoms with Gasteiger partial charge in [0.15, 0.2) is 23.0 Å². The topological polar surface area (TPSA) is 66.5 Å². The minimum absolute atomic E-state index is 0.0127. The summed E-state index contributed by atoms with van der Waals surface area (Å²) in [6.07, 6.45) is 4.85. The Bertz CT molecular complexity index is 904. The van der Waals surface area contributed by atoms with Crippen molar-refractivity contribution in [2.45, 2.75) is 38.1 Å². The summed E-state index contributed by atoms with van der Waals surface area (Å²) >= 11 is 0. The van der Waals surface area contributed by atoms with Crippen LogP contribution in [-0.4, -0.2) is 58.9 Å². The molecule has 1 fully saturated rings. The van der Waals surface area contributed by atoms with Gasteiger partial charge in [-0.05, 0) is 61.9 Å². The summed E-state index contributed by atoms with van der Waals surface area (Å²) in [7, 11) is 7.93. The van der Waals surface area contributed by atoms with E-state index in [0.717, 1.165) is 50.0 Å². The number of hydrogen-bond donors (Lipinski definition) is 0. The number of carbonyl (C=O) groups is 1.